The second kappa shape index (κ2) is 118. The van der Waals surface area contributed by atoms with Crippen LogP contribution in [0, 0.1) is 0 Å². The fourth-order valence-electron chi connectivity index (χ4n) is 0. The van der Waals surface area contributed by atoms with Crippen molar-refractivity contribution in [2.75, 3.05) is 7.11 Å². The minimum absolute atomic E-state index is 0. The van der Waals surface area contributed by atoms with Gasteiger partial charge in [0.2, 0.25) is 0 Å². The largest absolute Gasteiger partial charge is 2.00 e. The number of halogens is 2. The second-order valence-corrected chi connectivity index (χ2v) is 0. The minimum Gasteiger partial charge on any atom is -1.00 e. The molecule has 0 heterocycles. The Labute approximate surface area is 84.9 Å². The van der Waals surface area contributed by atoms with Gasteiger partial charge in [-0.2, -0.15) is 0 Å². The SMILES string of the molecule is CO.O.O.[Ca+2].[Cl-].[Cl-]. The first-order valence-electron chi connectivity index (χ1n) is 0.447. The van der Waals surface area contributed by atoms with E-state index >= 15 is 0 Å². The molecule has 0 spiro atoms. The van der Waals surface area contributed by atoms with Gasteiger partial charge in [0.05, 0.1) is 0 Å². The van der Waals surface area contributed by atoms with Gasteiger partial charge in [-0.3, -0.25) is 0 Å². The molecular weight excluding hydrogens is 171 g/mol. The average molecular weight is 179 g/mol. The van der Waals surface area contributed by atoms with Crippen molar-refractivity contribution in [1.29, 1.82) is 0 Å². The summed E-state index contributed by atoms with van der Waals surface area (Å²) < 4.78 is 0. The molecule has 0 aromatic carbocycles. The average Bonchev–Trinajstić information content (AvgIpc) is 1.00. The number of hydrogen-bond donors (Lipinski definition) is 1. The first-order chi connectivity index (χ1) is 1.00. The number of rotatable bonds is 0. The van der Waals surface area contributed by atoms with E-state index in [0.717, 1.165) is 7.11 Å². The molecule has 0 saturated carbocycles. The van der Waals surface area contributed by atoms with Crippen LogP contribution < -0.4 is 24.8 Å². The summed E-state index contributed by atoms with van der Waals surface area (Å²) in [6, 6.07) is 0. The standard InChI is InChI=1S/CH4O.Ca.2ClH.2H2O/c1-2;;;;;/h2H,1H3;;2*1H;2*1H2/q;+2;;;;/p-2. The molecule has 0 amide bonds. The maximum absolute atomic E-state index is 7.00. The summed E-state index contributed by atoms with van der Waals surface area (Å²) >= 11 is 0. The molecule has 0 saturated heterocycles. The van der Waals surface area contributed by atoms with E-state index in [2.05, 4.69) is 0 Å². The van der Waals surface area contributed by atoms with Crippen LogP contribution in [-0.2, 0) is 0 Å². The monoisotopic (exact) mass is 178 g/mol. The second-order valence-electron chi connectivity index (χ2n) is 0. The predicted octanol–water partition coefficient (Wildman–Crippen LogP) is -8.41. The van der Waals surface area contributed by atoms with Gasteiger partial charge in [-0.1, -0.05) is 0 Å². The van der Waals surface area contributed by atoms with Crippen LogP contribution in [0.4, 0.5) is 0 Å². The Bertz CT molecular complexity index is 12.9. The Morgan fingerprint density at radius 2 is 0.857 bits per heavy atom. The van der Waals surface area contributed by atoms with Crippen LogP contribution in [0.5, 0.6) is 0 Å². The Balaban J connectivity index is -0.000000000500. The van der Waals surface area contributed by atoms with Crippen LogP contribution in [0.3, 0.4) is 0 Å². The number of aliphatic hydroxyl groups excluding tert-OH is 1. The van der Waals surface area contributed by atoms with Gasteiger partial charge in [0.15, 0.2) is 0 Å². The summed E-state index contributed by atoms with van der Waals surface area (Å²) in [5.41, 5.74) is 0. The van der Waals surface area contributed by atoms with Crippen molar-refractivity contribution in [2.45, 2.75) is 0 Å². The van der Waals surface area contributed by atoms with Crippen LogP contribution in [0.15, 0.2) is 0 Å². The van der Waals surface area contributed by atoms with Gasteiger partial charge in [0.1, 0.15) is 0 Å². The molecule has 3 nitrogen and oxygen atoms in total. The van der Waals surface area contributed by atoms with Crippen LogP contribution in [-0.4, -0.2) is 60.9 Å². The fourth-order valence-corrected chi connectivity index (χ4v) is 0. The van der Waals surface area contributed by atoms with E-state index in [9.17, 15) is 0 Å². The molecule has 0 atom stereocenters. The van der Waals surface area contributed by atoms with Gasteiger partial charge in [0, 0.05) is 7.11 Å². The minimum atomic E-state index is 0. The first kappa shape index (κ1) is 70.3. The molecule has 7 heavy (non-hydrogen) atoms. The molecule has 0 aliphatic heterocycles. The topological polar surface area (TPSA) is 83.2 Å². The van der Waals surface area contributed by atoms with Crippen molar-refractivity contribution in [1.82, 2.24) is 0 Å². The van der Waals surface area contributed by atoms with Crippen molar-refractivity contribution in [3.05, 3.63) is 0 Å². The Morgan fingerprint density at radius 1 is 0.857 bits per heavy atom. The van der Waals surface area contributed by atoms with E-state index in [0.29, 0.717) is 0 Å². The van der Waals surface area contributed by atoms with Crippen molar-refractivity contribution in [3.63, 3.8) is 0 Å². The third-order valence-electron chi connectivity index (χ3n) is 0. The van der Waals surface area contributed by atoms with Gasteiger partial charge in [-0.15, -0.1) is 0 Å². The molecule has 0 aromatic heterocycles. The normalized spacial score (nSPS) is 0.857. The van der Waals surface area contributed by atoms with Crippen molar-refractivity contribution < 1.29 is 40.9 Å². The zero-order valence-corrected chi connectivity index (χ0v) is 7.63. The molecule has 0 aromatic rings. The molecule has 0 aliphatic carbocycles. The van der Waals surface area contributed by atoms with Gasteiger partial charge in [-0.25, -0.2) is 0 Å². The number of hydrogen-bond acceptors (Lipinski definition) is 1. The molecule has 0 radical (unpaired) electrons. The molecule has 0 fully saturated rings. The maximum Gasteiger partial charge on any atom is 2.00 e. The first-order valence-corrected chi connectivity index (χ1v) is 0.447. The Kier molecular flexibility index (Phi) is 1180. The van der Waals surface area contributed by atoms with E-state index < -0.39 is 0 Å². The van der Waals surface area contributed by atoms with Gasteiger partial charge in [0.25, 0.3) is 0 Å². The third kappa shape index (κ3) is 85.4. The molecule has 5 N–H and O–H groups in total. The molecule has 0 unspecified atom stereocenters. The molecule has 46 valence electrons. The van der Waals surface area contributed by atoms with E-state index in [1.54, 1.807) is 0 Å². The Morgan fingerprint density at radius 3 is 0.857 bits per heavy atom. The quantitative estimate of drug-likeness (QED) is 0.368. The summed E-state index contributed by atoms with van der Waals surface area (Å²) in [4.78, 5) is 0. The van der Waals surface area contributed by atoms with E-state index in [1.165, 1.54) is 0 Å². The third-order valence-corrected chi connectivity index (χ3v) is 0. The molecule has 0 rings (SSSR count). The molecule has 0 bridgehead atoms. The number of aliphatic hydroxyl groups is 1. The van der Waals surface area contributed by atoms with Crippen molar-refractivity contribution in [3.8, 4) is 0 Å². The zero-order valence-electron chi connectivity index (χ0n) is 3.91. The smallest absolute Gasteiger partial charge is 1.00 e. The van der Waals surface area contributed by atoms with Gasteiger partial charge < -0.3 is 40.9 Å². The molecule has 6 heteroatoms. The van der Waals surface area contributed by atoms with Crippen LogP contribution in [0.25, 0.3) is 0 Å². The summed E-state index contributed by atoms with van der Waals surface area (Å²) in [5.74, 6) is 0. The summed E-state index contributed by atoms with van der Waals surface area (Å²) in [6.07, 6.45) is 0. The van der Waals surface area contributed by atoms with E-state index in [-0.39, 0.29) is 73.5 Å². The Hall–Kier alpha value is 1.72. The van der Waals surface area contributed by atoms with Gasteiger partial charge >= 0.3 is 37.7 Å². The summed E-state index contributed by atoms with van der Waals surface area (Å²) in [7, 11) is 1.00. The van der Waals surface area contributed by atoms with E-state index in [4.69, 9.17) is 5.11 Å². The van der Waals surface area contributed by atoms with Crippen LogP contribution >= 0.6 is 0 Å². The predicted molar refractivity (Wildman–Crippen MR) is 21.1 cm³/mol. The van der Waals surface area contributed by atoms with Crippen LogP contribution in [0.2, 0.25) is 0 Å². The van der Waals surface area contributed by atoms with Crippen molar-refractivity contribution >= 4 is 37.7 Å². The maximum atomic E-state index is 7.00. The van der Waals surface area contributed by atoms with Crippen molar-refractivity contribution in [2.24, 2.45) is 0 Å². The van der Waals surface area contributed by atoms with E-state index in [1.807, 2.05) is 0 Å². The molecule has 0 aliphatic rings. The van der Waals surface area contributed by atoms with Gasteiger partial charge in [-0.05, 0) is 0 Å². The zero-order chi connectivity index (χ0) is 2.00. The summed E-state index contributed by atoms with van der Waals surface area (Å²) in [5, 5.41) is 7.00. The van der Waals surface area contributed by atoms with Crippen LogP contribution in [0.1, 0.15) is 0 Å². The molecular formula is CH8CaCl2O3. The summed E-state index contributed by atoms with van der Waals surface area (Å²) in [6.45, 7) is 0. The fraction of sp³-hybridized carbons (Fsp3) is 1.00.